The normalized spacial score (nSPS) is 10.0. The Morgan fingerprint density at radius 1 is 1.15 bits per heavy atom. The van der Waals surface area contributed by atoms with Crippen LogP contribution in [0, 0.1) is 11.8 Å². The van der Waals surface area contributed by atoms with Crippen molar-refractivity contribution in [2.24, 2.45) is 0 Å². The van der Waals surface area contributed by atoms with Crippen LogP contribution in [0.15, 0.2) is 11.1 Å². The Kier molecular flexibility index (Phi) is 11.7. The van der Waals surface area contributed by atoms with Crippen LogP contribution in [0.4, 0.5) is 0 Å². The van der Waals surface area contributed by atoms with E-state index in [1.807, 2.05) is 6.08 Å². The van der Waals surface area contributed by atoms with Crippen molar-refractivity contribution in [2.75, 3.05) is 0 Å². The van der Waals surface area contributed by atoms with Gasteiger partial charge in [-0.3, -0.25) is 0 Å². The van der Waals surface area contributed by atoms with Crippen molar-refractivity contribution in [1.82, 2.24) is 0 Å². The summed E-state index contributed by atoms with van der Waals surface area (Å²) in [5.74, 6) is 6.23. The molecule has 0 aromatic carbocycles. The van der Waals surface area contributed by atoms with Gasteiger partial charge in [-0.25, -0.2) is 0 Å². The number of allylic oxidation sites excluding steroid dienone is 1. The molecular formula is C12H20Se. The van der Waals surface area contributed by atoms with E-state index in [0.29, 0.717) is 15.0 Å². The molecule has 0 saturated heterocycles. The maximum absolute atomic E-state index is 3.15. The molecule has 0 unspecified atom stereocenters. The van der Waals surface area contributed by atoms with Crippen LogP contribution in [-0.4, -0.2) is 15.0 Å². The minimum absolute atomic E-state index is 0.690. The summed E-state index contributed by atoms with van der Waals surface area (Å²) in [7, 11) is 0. The number of hydrogen-bond donors (Lipinski definition) is 0. The van der Waals surface area contributed by atoms with E-state index in [9.17, 15) is 0 Å². The Labute approximate surface area is 89.3 Å². The third-order valence-corrected chi connectivity index (χ3v) is 3.41. The van der Waals surface area contributed by atoms with Crippen molar-refractivity contribution in [1.29, 1.82) is 0 Å². The van der Waals surface area contributed by atoms with Gasteiger partial charge < -0.3 is 0 Å². The Bertz CT molecular complexity index is 171. The SMILES string of the molecule is CCCCC#C/C=C\[Se]CCCC. The molecule has 1 heteroatoms. The Balaban J connectivity index is 3.22. The molecule has 0 heterocycles. The summed E-state index contributed by atoms with van der Waals surface area (Å²) in [6.07, 6.45) is 8.26. The van der Waals surface area contributed by atoms with E-state index in [2.05, 4.69) is 30.7 Å². The zero-order chi connectivity index (χ0) is 9.78. The zero-order valence-electron chi connectivity index (χ0n) is 8.81. The molecule has 0 bridgehead atoms. The van der Waals surface area contributed by atoms with Gasteiger partial charge in [-0.1, -0.05) is 0 Å². The average molecular weight is 243 g/mol. The Morgan fingerprint density at radius 2 is 1.92 bits per heavy atom. The van der Waals surface area contributed by atoms with Gasteiger partial charge >= 0.3 is 89.1 Å². The molecule has 0 aliphatic carbocycles. The summed E-state index contributed by atoms with van der Waals surface area (Å²) in [5, 5.41) is 1.37. The molecular weight excluding hydrogens is 223 g/mol. The fourth-order valence-corrected chi connectivity index (χ4v) is 2.36. The van der Waals surface area contributed by atoms with Crippen molar-refractivity contribution in [3.63, 3.8) is 0 Å². The van der Waals surface area contributed by atoms with Gasteiger partial charge in [-0.05, 0) is 0 Å². The van der Waals surface area contributed by atoms with Crippen molar-refractivity contribution in [3.05, 3.63) is 11.1 Å². The van der Waals surface area contributed by atoms with Crippen molar-refractivity contribution < 1.29 is 0 Å². The first-order valence-electron chi connectivity index (χ1n) is 5.16. The number of unbranched alkanes of at least 4 members (excludes halogenated alkanes) is 3. The van der Waals surface area contributed by atoms with E-state index in [1.54, 1.807) is 0 Å². The van der Waals surface area contributed by atoms with Crippen LogP contribution in [0.25, 0.3) is 0 Å². The molecule has 74 valence electrons. The molecule has 0 aliphatic heterocycles. The van der Waals surface area contributed by atoms with Gasteiger partial charge in [0, 0.05) is 0 Å². The van der Waals surface area contributed by atoms with Crippen LogP contribution in [0.1, 0.15) is 46.0 Å². The summed E-state index contributed by atoms with van der Waals surface area (Å²) in [6.45, 7) is 4.44. The summed E-state index contributed by atoms with van der Waals surface area (Å²) >= 11 is 0.690. The van der Waals surface area contributed by atoms with Gasteiger partial charge in [0.2, 0.25) is 0 Å². The molecule has 0 fully saturated rings. The van der Waals surface area contributed by atoms with Gasteiger partial charge in [0.25, 0.3) is 0 Å². The van der Waals surface area contributed by atoms with Gasteiger partial charge in [0.1, 0.15) is 0 Å². The predicted octanol–water partition coefficient (Wildman–Crippen LogP) is 3.62. The Morgan fingerprint density at radius 3 is 2.62 bits per heavy atom. The van der Waals surface area contributed by atoms with E-state index < -0.39 is 0 Å². The van der Waals surface area contributed by atoms with Gasteiger partial charge in [0.15, 0.2) is 0 Å². The number of hydrogen-bond acceptors (Lipinski definition) is 0. The topological polar surface area (TPSA) is 0 Å². The third kappa shape index (κ3) is 11.8. The molecule has 0 radical (unpaired) electrons. The van der Waals surface area contributed by atoms with E-state index in [0.717, 1.165) is 6.42 Å². The molecule has 0 saturated carbocycles. The first-order chi connectivity index (χ1) is 6.41. The standard InChI is InChI=1S/C12H20Se/c1-3-5-7-8-9-10-12-13-11-6-4-2/h10,12H,3-7,11H2,1-2H3/b12-10-. The quantitative estimate of drug-likeness (QED) is 0.380. The zero-order valence-corrected chi connectivity index (χ0v) is 10.5. The van der Waals surface area contributed by atoms with Crippen LogP contribution < -0.4 is 0 Å². The molecule has 13 heavy (non-hydrogen) atoms. The third-order valence-electron chi connectivity index (χ3n) is 1.62. The van der Waals surface area contributed by atoms with Crippen LogP contribution in [0.5, 0.6) is 0 Å². The summed E-state index contributed by atoms with van der Waals surface area (Å²) in [5.41, 5.74) is 0. The minimum atomic E-state index is 0.690. The van der Waals surface area contributed by atoms with Crippen LogP contribution in [-0.2, 0) is 0 Å². The summed E-state index contributed by atoms with van der Waals surface area (Å²) < 4.78 is 0. The van der Waals surface area contributed by atoms with E-state index in [4.69, 9.17) is 0 Å². The second-order valence-corrected chi connectivity index (χ2v) is 5.08. The predicted molar refractivity (Wildman–Crippen MR) is 61.9 cm³/mol. The monoisotopic (exact) mass is 244 g/mol. The van der Waals surface area contributed by atoms with Crippen LogP contribution in [0.2, 0.25) is 5.32 Å². The molecule has 0 N–H and O–H groups in total. The first kappa shape index (κ1) is 12.8. The average Bonchev–Trinajstić information content (AvgIpc) is 2.16. The second kappa shape index (κ2) is 11.8. The van der Waals surface area contributed by atoms with Crippen molar-refractivity contribution >= 4 is 15.0 Å². The van der Waals surface area contributed by atoms with Crippen LogP contribution >= 0.6 is 0 Å². The summed E-state index contributed by atoms with van der Waals surface area (Å²) in [4.78, 5) is 2.25. The van der Waals surface area contributed by atoms with E-state index >= 15 is 0 Å². The van der Waals surface area contributed by atoms with Gasteiger partial charge in [0.05, 0.1) is 0 Å². The molecule has 0 aromatic heterocycles. The van der Waals surface area contributed by atoms with Crippen molar-refractivity contribution in [2.45, 2.75) is 51.3 Å². The van der Waals surface area contributed by atoms with Gasteiger partial charge in [-0.2, -0.15) is 0 Å². The molecule has 0 aromatic rings. The van der Waals surface area contributed by atoms with Crippen LogP contribution in [0.3, 0.4) is 0 Å². The maximum atomic E-state index is 3.15. The van der Waals surface area contributed by atoms with E-state index in [-0.39, 0.29) is 0 Å². The molecule has 0 rings (SSSR count). The first-order valence-corrected chi connectivity index (χ1v) is 7.36. The Hall–Kier alpha value is -0.181. The van der Waals surface area contributed by atoms with Crippen molar-refractivity contribution in [3.8, 4) is 11.8 Å². The summed E-state index contributed by atoms with van der Waals surface area (Å²) in [6, 6.07) is 0. The van der Waals surface area contributed by atoms with Gasteiger partial charge in [-0.15, -0.1) is 0 Å². The molecule has 0 spiro atoms. The fraction of sp³-hybridized carbons (Fsp3) is 0.667. The van der Waals surface area contributed by atoms with E-state index in [1.165, 1.54) is 31.0 Å². The number of rotatable bonds is 6. The molecule has 0 amide bonds. The molecule has 0 aliphatic rings. The second-order valence-electron chi connectivity index (χ2n) is 2.95. The molecule has 0 nitrogen and oxygen atoms in total. The molecule has 0 atom stereocenters. The fourth-order valence-electron chi connectivity index (χ4n) is 0.774.